The number of H-pyrrole nitrogens is 1. The first-order valence-electron chi connectivity index (χ1n) is 8.47. The standard InChI is InChI=1S/C20H17FN2O5/c1-12-8-13(6-7-15(12)21)4-2-3-5-14-10-23(20(27)22-19(14)26)18-9-16(25)17(11-24)28-18/h6-8,10,16-18,24-25H,9,11H2,1H3,(H,22,26,27)/t16-,17+,18+/m0/s1. The van der Waals surface area contributed by atoms with Crippen molar-refractivity contribution in [2.45, 2.75) is 31.8 Å². The van der Waals surface area contributed by atoms with Crippen LogP contribution in [0.1, 0.15) is 29.3 Å². The summed E-state index contributed by atoms with van der Waals surface area (Å²) < 4.78 is 19.8. The number of rotatable bonds is 2. The SMILES string of the molecule is Cc1cc(C#CC#Cc2cn([C@H]3C[C@H](O)[C@@H](CO)O3)c(=O)[nH]c2=O)ccc1F. The molecule has 1 saturated heterocycles. The van der Waals surface area contributed by atoms with Crippen molar-refractivity contribution in [1.29, 1.82) is 0 Å². The van der Waals surface area contributed by atoms with Crippen molar-refractivity contribution in [2.24, 2.45) is 0 Å². The van der Waals surface area contributed by atoms with Gasteiger partial charge < -0.3 is 14.9 Å². The molecule has 1 aromatic heterocycles. The highest BCUT2D eigenvalue weighted by Crippen LogP contribution is 2.27. The van der Waals surface area contributed by atoms with Crippen molar-refractivity contribution in [1.82, 2.24) is 9.55 Å². The van der Waals surface area contributed by atoms with Gasteiger partial charge in [0.15, 0.2) is 0 Å². The summed E-state index contributed by atoms with van der Waals surface area (Å²) in [6.45, 7) is 1.24. The van der Waals surface area contributed by atoms with E-state index in [1.165, 1.54) is 18.3 Å². The molecule has 3 atom stereocenters. The van der Waals surface area contributed by atoms with Crippen molar-refractivity contribution in [3.63, 3.8) is 0 Å². The predicted molar refractivity (Wildman–Crippen MR) is 97.8 cm³/mol. The maximum absolute atomic E-state index is 13.2. The van der Waals surface area contributed by atoms with Crippen LogP contribution >= 0.6 is 0 Å². The Kier molecular flexibility index (Phi) is 5.76. The van der Waals surface area contributed by atoms with E-state index in [2.05, 4.69) is 28.7 Å². The summed E-state index contributed by atoms with van der Waals surface area (Å²) in [5.74, 6) is 10.1. The number of hydrogen-bond donors (Lipinski definition) is 3. The number of halogens is 1. The number of aromatic nitrogens is 2. The van der Waals surface area contributed by atoms with E-state index in [4.69, 9.17) is 9.84 Å². The molecule has 3 N–H and O–H groups in total. The van der Waals surface area contributed by atoms with Crippen LogP contribution in [0.15, 0.2) is 34.0 Å². The number of nitrogens with one attached hydrogen (secondary N) is 1. The van der Waals surface area contributed by atoms with Gasteiger partial charge in [-0.3, -0.25) is 14.3 Å². The van der Waals surface area contributed by atoms with E-state index >= 15 is 0 Å². The van der Waals surface area contributed by atoms with Gasteiger partial charge in [-0.2, -0.15) is 0 Å². The maximum Gasteiger partial charge on any atom is 0.330 e. The smallest absolute Gasteiger partial charge is 0.330 e. The lowest BCUT2D eigenvalue weighted by molar-refractivity contribution is -0.0459. The fraction of sp³-hybridized carbons (Fsp3) is 0.300. The van der Waals surface area contributed by atoms with Crippen LogP contribution in [0.5, 0.6) is 0 Å². The van der Waals surface area contributed by atoms with Gasteiger partial charge in [0.25, 0.3) is 5.56 Å². The minimum absolute atomic E-state index is 0.00488. The lowest BCUT2D eigenvalue weighted by Gasteiger charge is -2.14. The Labute approximate surface area is 159 Å². The van der Waals surface area contributed by atoms with Crippen LogP contribution in [-0.2, 0) is 4.74 Å². The number of aliphatic hydroxyl groups excluding tert-OH is 2. The zero-order chi connectivity index (χ0) is 20.3. The molecule has 1 aromatic carbocycles. The molecule has 0 spiro atoms. The quantitative estimate of drug-likeness (QED) is 0.634. The van der Waals surface area contributed by atoms with E-state index in [1.54, 1.807) is 13.0 Å². The van der Waals surface area contributed by atoms with Gasteiger partial charge in [0, 0.05) is 18.2 Å². The van der Waals surface area contributed by atoms with E-state index < -0.39 is 29.7 Å². The topological polar surface area (TPSA) is 105 Å². The number of aromatic amines is 1. The minimum Gasteiger partial charge on any atom is -0.394 e. The van der Waals surface area contributed by atoms with E-state index in [1.807, 2.05) is 0 Å². The Morgan fingerprint density at radius 2 is 2.07 bits per heavy atom. The third kappa shape index (κ3) is 4.21. The summed E-state index contributed by atoms with van der Waals surface area (Å²) in [5, 5.41) is 19.0. The van der Waals surface area contributed by atoms with Crippen molar-refractivity contribution in [3.8, 4) is 23.7 Å². The summed E-state index contributed by atoms with van der Waals surface area (Å²) >= 11 is 0. The van der Waals surface area contributed by atoms with Crippen LogP contribution in [0.25, 0.3) is 0 Å². The van der Waals surface area contributed by atoms with Crippen molar-refractivity contribution >= 4 is 0 Å². The highest BCUT2D eigenvalue weighted by Gasteiger charge is 2.35. The molecule has 0 aliphatic carbocycles. The highest BCUT2D eigenvalue weighted by atomic mass is 19.1. The van der Waals surface area contributed by atoms with Gasteiger partial charge in [-0.15, -0.1) is 0 Å². The highest BCUT2D eigenvalue weighted by molar-refractivity contribution is 5.44. The second-order valence-corrected chi connectivity index (χ2v) is 6.29. The van der Waals surface area contributed by atoms with Crippen molar-refractivity contribution < 1.29 is 19.3 Å². The molecule has 0 radical (unpaired) electrons. The van der Waals surface area contributed by atoms with Crippen LogP contribution in [-0.4, -0.2) is 38.6 Å². The first-order valence-corrected chi connectivity index (χ1v) is 8.47. The van der Waals surface area contributed by atoms with Gasteiger partial charge in [0.2, 0.25) is 0 Å². The number of aliphatic hydroxyl groups is 2. The maximum atomic E-state index is 13.2. The first kappa shape index (κ1) is 19.6. The van der Waals surface area contributed by atoms with Gasteiger partial charge in [0.05, 0.1) is 12.7 Å². The molecule has 1 fully saturated rings. The summed E-state index contributed by atoms with van der Waals surface area (Å²) in [6, 6.07) is 4.41. The largest absolute Gasteiger partial charge is 0.394 e. The molecule has 1 aliphatic heterocycles. The van der Waals surface area contributed by atoms with E-state index in [0.29, 0.717) is 11.1 Å². The Morgan fingerprint density at radius 3 is 2.75 bits per heavy atom. The fourth-order valence-electron chi connectivity index (χ4n) is 2.76. The summed E-state index contributed by atoms with van der Waals surface area (Å²) in [5.41, 5.74) is -0.349. The van der Waals surface area contributed by atoms with Crippen LogP contribution < -0.4 is 11.2 Å². The van der Waals surface area contributed by atoms with Gasteiger partial charge in [-0.25, -0.2) is 9.18 Å². The fourth-order valence-corrected chi connectivity index (χ4v) is 2.76. The van der Waals surface area contributed by atoms with Crippen LogP contribution in [0.3, 0.4) is 0 Å². The number of ether oxygens (including phenoxy) is 1. The molecular weight excluding hydrogens is 367 g/mol. The molecule has 8 heteroatoms. The molecular formula is C20H17FN2O5. The number of benzene rings is 1. The molecule has 0 saturated carbocycles. The minimum atomic E-state index is -0.923. The van der Waals surface area contributed by atoms with Gasteiger partial charge in [-0.1, -0.05) is 5.92 Å². The summed E-state index contributed by atoms with van der Waals surface area (Å²) in [6.07, 6.45) is -1.23. The normalized spacial score (nSPS) is 20.8. The second kappa shape index (κ2) is 8.24. The monoisotopic (exact) mass is 384 g/mol. The van der Waals surface area contributed by atoms with Gasteiger partial charge in [0.1, 0.15) is 23.7 Å². The van der Waals surface area contributed by atoms with Crippen LogP contribution in [0.4, 0.5) is 4.39 Å². The third-order valence-electron chi connectivity index (χ3n) is 4.29. The average molecular weight is 384 g/mol. The van der Waals surface area contributed by atoms with E-state index in [-0.39, 0.29) is 24.4 Å². The Morgan fingerprint density at radius 1 is 1.32 bits per heavy atom. The van der Waals surface area contributed by atoms with Crippen molar-refractivity contribution in [3.05, 3.63) is 67.7 Å². The Bertz CT molecular complexity index is 1130. The zero-order valence-corrected chi connectivity index (χ0v) is 14.9. The van der Waals surface area contributed by atoms with Gasteiger partial charge in [-0.05, 0) is 48.4 Å². The average Bonchev–Trinajstić information content (AvgIpc) is 3.03. The number of hydrogen-bond acceptors (Lipinski definition) is 5. The predicted octanol–water partition coefficient (Wildman–Crippen LogP) is 0.0280. The van der Waals surface area contributed by atoms with Crippen LogP contribution in [0, 0.1) is 36.4 Å². The molecule has 2 heterocycles. The first-order chi connectivity index (χ1) is 13.4. The Hall–Kier alpha value is -3.17. The van der Waals surface area contributed by atoms with Gasteiger partial charge >= 0.3 is 5.69 Å². The molecule has 28 heavy (non-hydrogen) atoms. The van der Waals surface area contributed by atoms with Crippen molar-refractivity contribution in [2.75, 3.05) is 6.61 Å². The second-order valence-electron chi connectivity index (χ2n) is 6.29. The molecule has 0 amide bonds. The van der Waals surface area contributed by atoms with E-state index in [0.717, 1.165) is 4.57 Å². The molecule has 0 bridgehead atoms. The lowest BCUT2D eigenvalue weighted by atomic mass is 10.1. The zero-order valence-electron chi connectivity index (χ0n) is 14.9. The molecule has 2 aromatic rings. The van der Waals surface area contributed by atoms with E-state index in [9.17, 15) is 19.1 Å². The molecule has 0 unspecified atom stereocenters. The molecule has 3 rings (SSSR count). The number of nitrogens with zero attached hydrogens (tertiary/aromatic N) is 1. The number of aryl methyl sites for hydroxylation is 1. The third-order valence-corrected chi connectivity index (χ3v) is 4.29. The van der Waals surface area contributed by atoms with Crippen LogP contribution in [0.2, 0.25) is 0 Å². The lowest BCUT2D eigenvalue weighted by Crippen LogP contribution is -2.33. The summed E-state index contributed by atoms with van der Waals surface area (Å²) in [4.78, 5) is 26.1. The molecule has 7 nitrogen and oxygen atoms in total. The molecule has 144 valence electrons. The molecule has 1 aliphatic rings. The summed E-state index contributed by atoms with van der Waals surface area (Å²) in [7, 11) is 0. The Balaban J connectivity index is 1.86.